The van der Waals surface area contributed by atoms with Crippen LogP contribution in [0.5, 0.6) is 0 Å². The van der Waals surface area contributed by atoms with Gasteiger partial charge in [0, 0.05) is 0 Å². The van der Waals surface area contributed by atoms with Gasteiger partial charge in [-0.2, -0.15) is 4.99 Å². The minimum atomic E-state index is -0.755. The van der Waals surface area contributed by atoms with Crippen LogP contribution in [0, 0.1) is 17.6 Å². The SMILES string of the molecule is CCCC1CCc2c(cc(CC)c(-c3ccc(/C=C/c4cc(F)c(N=C=S)c(F)c4)cc3)c2CC)C1. The Morgan fingerprint density at radius 2 is 1.67 bits per heavy atom. The summed E-state index contributed by atoms with van der Waals surface area (Å²) in [6.07, 6.45) is 11.9. The Kier molecular flexibility index (Phi) is 8.61. The lowest BCUT2D eigenvalue weighted by molar-refractivity contribution is 0.421. The number of hydrogen-bond acceptors (Lipinski definition) is 2. The Bertz CT molecular complexity index is 1290. The molecule has 0 N–H and O–H groups in total. The highest BCUT2D eigenvalue weighted by molar-refractivity contribution is 7.78. The lowest BCUT2D eigenvalue weighted by Crippen LogP contribution is -2.17. The Morgan fingerprint density at radius 1 is 0.972 bits per heavy atom. The van der Waals surface area contributed by atoms with E-state index in [4.69, 9.17) is 0 Å². The topological polar surface area (TPSA) is 12.4 Å². The van der Waals surface area contributed by atoms with Gasteiger partial charge < -0.3 is 0 Å². The quantitative estimate of drug-likeness (QED) is 0.170. The Hall–Kier alpha value is -2.94. The van der Waals surface area contributed by atoms with E-state index in [2.05, 4.69) is 68.3 Å². The smallest absolute Gasteiger partial charge is 0.153 e. The zero-order valence-corrected chi connectivity index (χ0v) is 22.2. The maximum Gasteiger partial charge on any atom is 0.153 e. The van der Waals surface area contributed by atoms with Crippen molar-refractivity contribution in [2.45, 2.75) is 65.7 Å². The van der Waals surface area contributed by atoms with Crippen molar-refractivity contribution in [2.75, 3.05) is 0 Å². The summed E-state index contributed by atoms with van der Waals surface area (Å²) >= 11 is 4.46. The second-order valence-electron chi connectivity index (χ2n) is 9.62. The number of halogens is 2. The highest BCUT2D eigenvalue weighted by Gasteiger charge is 2.23. The second kappa shape index (κ2) is 11.9. The minimum Gasteiger partial charge on any atom is -0.204 e. The van der Waals surface area contributed by atoms with E-state index in [9.17, 15) is 8.78 Å². The molecule has 0 saturated carbocycles. The van der Waals surface area contributed by atoms with Crippen molar-refractivity contribution in [1.82, 2.24) is 0 Å². The number of isothiocyanates is 1. The fourth-order valence-electron chi connectivity index (χ4n) is 5.63. The molecule has 0 radical (unpaired) electrons. The fourth-order valence-corrected chi connectivity index (χ4v) is 5.72. The number of benzene rings is 3. The predicted octanol–water partition coefficient (Wildman–Crippen LogP) is 9.57. The number of thiocarbonyl (C=S) groups is 1. The van der Waals surface area contributed by atoms with Crippen LogP contribution >= 0.6 is 12.2 Å². The molecule has 0 fully saturated rings. The van der Waals surface area contributed by atoms with E-state index in [-0.39, 0.29) is 0 Å². The molecule has 3 aromatic carbocycles. The molecule has 3 aromatic rings. The van der Waals surface area contributed by atoms with Gasteiger partial charge in [0.25, 0.3) is 0 Å². The third kappa shape index (κ3) is 5.56. The summed E-state index contributed by atoms with van der Waals surface area (Å²) in [6.45, 7) is 6.81. The van der Waals surface area contributed by atoms with E-state index in [0.717, 1.165) is 24.3 Å². The normalized spacial score (nSPS) is 15.1. The van der Waals surface area contributed by atoms with Gasteiger partial charge in [-0.3, -0.25) is 0 Å². The molecule has 4 heteroatoms. The second-order valence-corrected chi connectivity index (χ2v) is 9.81. The van der Waals surface area contributed by atoms with Crippen LogP contribution in [0.15, 0.2) is 47.5 Å². The molecule has 186 valence electrons. The average Bonchev–Trinajstić information content (AvgIpc) is 2.88. The third-order valence-corrected chi connectivity index (χ3v) is 7.42. The van der Waals surface area contributed by atoms with Crippen LogP contribution < -0.4 is 0 Å². The predicted molar refractivity (Wildman–Crippen MR) is 151 cm³/mol. The summed E-state index contributed by atoms with van der Waals surface area (Å²) in [6, 6.07) is 13.4. The summed E-state index contributed by atoms with van der Waals surface area (Å²) in [4.78, 5) is 3.46. The number of aliphatic imine (C=N–C) groups is 1. The van der Waals surface area contributed by atoms with E-state index in [0.29, 0.717) is 5.56 Å². The molecular formula is C32H33F2NS. The van der Waals surface area contributed by atoms with E-state index < -0.39 is 17.3 Å². The van der Waals surface area contributed by atoms with Gasteiger partial charge in [-0.25, -0.2) is 8.78 Å². The van der Waals surface area contributed by atoms with Crippen LogP contribution in [0.4, 0.5) is 14.5 Å². The summed E-state index contributed by atoms with van der Waals surface area (Å²) in [5, 5.41) is 2.01. The molecule has 1 aliphatic carbocycles. The fraction of sp³-hybridized carbons (Fsp3) is 0.344. The van der Waals surface area contributed by atoms with Gasteiger partial charge in [-0.1, -0.05) is 76.1 Å². The first-order chi connectivity index (χ1) is 17.5. The van der Waals surface area contributed by atoms with Crippen molar-refractivity contribution >= 4 is 35.2 Å². The summed E-state index contributed by atoms with van der Waals surface area (Å²) < 4.78 is 28.3. The highest BCUT2D eigenvalue weighted by Crippen LogP contribution is 2.39. The Morgan fingerprint density at radius 3 is 2.28 bits per heavy atom. The minimum absolute atomic E-state index is 0.407. The van der Waals surface area contributed by atoms with E-state index in [1.165, 1.54) is 66.5 Å². The van der Waals surface area contributed by atoms with Crippen molar-refractivity contribution in [3.05, 3.63) is 87.5 Å². The first-order valence-electron chi connectivity index (χ1n) is 13.0. The largest absolute Gasteiger partial charge is 0.204 e. The van der Waals surface area contributed by atoms with Crippen molar-refractivity contribution in [2.24, 2.45) is 10.9 Å². The molecule has 0 saturated heterocycles. The molecule has 0 amide bonds. The van der Waals surface area contributed by atoms with Crippen molar-refractivity contribution in [1.29, 1.82) is 0 Å². The van der Waals surface area contributed by atoms with Crippen LogP contribution in [0.2, 0.25) is 0 Å². The highest BCUT2D eigenvalue weighted by atomic mass is 32.1. The number of rotatable bonds is 8. The molecule has 1 unspecified atom stereocenters. The van der Waals surface area contributed by atoms with Gasteiger partial charge in [0.15, 0.2) is 11.6 Å². The molecule has 36 heavy (non-hydrogen) atoms. The van der Waals surface area contributed by atoms with Gasteiger partial charge in [0.05, 0.1) is 5.16 Å². The Labute approximate surface area is 219 Å². The zero-order chi connectivity index (χ0) is 25.7. The molecule has 0 bridgehead atoms. The molecule has 0 heterocycles. The van der Waals surface area contributed by atoms with E-state index >= 15 is 0 Å². The number of nitrogens with zero attached hydrogens (tertiary/aromatic N) is 1. The van der Waals surface area contributed by atoms with E-state index in [1.54, 1.807) is 17.2 Å². The van der Waals surface area contributed by atoms with Crippen molar-refractivity contribution < 1.29 is 8.78 Å². The van der Waals surface area contributed by atoms with Crippen molar-refractivity contribution in [3.8, 4) is 11.1 Å². The third-order valence-electron chi connectivity index (χ3n) is 7.33. The lowest BCUT2D eigenvalue weighted by atomic mass is 9.76. The maximum atomic E-state index is 14.1. The van der Waals surface area contributed by atoms with Crippen LogP contribution in [0.3, 0.4) is 0 Å². The first kappa shape index (κ1) is 26.1. The number of aryl methyl sites for hydroxylation is 1. The standard InChI is InChI=1S/C32H33F2NS/c1-4-7-22-12-15-28-26(16-22)19-24(5-2)31(27(28)6-3)25-13-10-21(11-14-25)8-9-23-17-29(33)32(35-20-36)30(34)18-23/h8-11,13-14,17-19,22H,4-7,12,15-16H2,1-3H3/b9-8+. The van der Waals surface area contributed by atoms with Gasteiger partial charge >= 0.3 is 0 Å². The van der Waals surface area contributed by atoms with Gasteiger partial charge in [0.2, 0.25) is 0 Å². The molecule has 1 aliphatic rings. The molecule has 4 rings (SSSR count). The summed E-state index contributed by atoms with van der Waals surface area (Å²) in [5.41, 5.74) is 9.69. The summed E-state index contributed by atoms with van der Waals surface area (Å²) in [7, 11) is 0. The first-order valence-corrected chi connectivity index (χ1v) is 13.4. The monoisotopic (exact) mass is 501 g/mol. The average molecular weight is 502 g/mol. The van der Waals surface area contributed by atoms with Crippen LogP contribution in [-0.2, 0) is 25.7 Å². The molecule has 1 atom stereocenters. The van der Waals surface area contributed by atoms with Crippen LogP contribution in [-0.4, -0.2) is 5.16 Å². The zero-order valence-electron chi connectivity index (χ0n) is 21.3. The molecule has 0 aliphatic heterocycles. The Balaban J connectivity index is 1.63. The molecule has 0 spiro atoms. The lowest BCUT2D eigenvalue weighted by Gasteiger charge is -2.29. The van der Waals surface area contributed by atoms with E-state index in [1.807, 2.05) is 11.2 Å². The number of fused-ring (bicyclic) bond motifs is 1. The van der Waals surface area contributed by atoms with Gasteiger partial charge in [0.1, 0.15) is 5.69 Å². The number of hydrogen-bond donors (Lipinski definition) is 0. The van der Waals surface area contributed by atoms with Gasteiger partial charge in [-0.15, -0.1) is 0 Å². The van der Waals surface area contributed by atoms with Crippen molar-refractivity contribution in [3.63, 3.8) is 0 Å². The van der Waals surface area contributed by atoms with Gasteiger partial charge in [-0.05, 0) is 107 Å². The molecule has 1 nitrogen and oxygen atoms in total. The van der Waals surface area contributed by atoms with Crippen LogP contribution in [0.25, 0.3) is 23.3 Å². The summed E-state index contributed by atoms with van der Waals surface area (Å²) in [5.74, 6) is -0.690. The maximum absolute atomic E-state index is 14.1. The van der Waals surface area contributed by atoms with Crippen LogP contribution in [0.1, 0.15) is 73.4 Å². The molecular weight excluding hydrogens is 468 g/mol. The molecule has 0 aromatic heterocycles.